The summed E-state index contributed by atoms with van der Waals surface area (Å²) >= 11 is 0. The first-order chi connectivity index (χ1) is 14.2. The highest BCUT2D eigenvalue weighted by Gasteiger charge is 2.86. The quantitative estimate of drug-likeness (QED) is 0.510. The molecule has 4 aliphatic rings. The lowest BCUT2D eigenvalue weighted by Gasteiger charge is -2.70. The molecule has 0 saturated heterocycles. The summed E-state index contributed by atoms with van der Waals surface area (Å²) in [5.41, 5.74) is -4.04. The van der Waals surface area contributed by atoms with Crippen LogP contribution in [0, 0.1) is 33.5 Å². The van der Waals surface area contributed by atoms with Gasteiger partial charge in [0.15, 0.2) is 28.5 Å². The van der Waals surface area contributed by atoms with Crippen molar-refractivity contribution in [1.82, 2.24) is 0 Å². The minimum absolute atomic E-state index is 0.153. The minimum Gasteiger partial charge on any atom is -0.391 e. The number of aliphatic hydroxyl groups excluding tert-OH is 1. The fraction of sp³-hybridized carbons (Fsp3) is 0.692. The van der Waals surface area contributed by atoms with Crippen LogP contribution in [0.15, 0.2) is 23.3 Å². The summed E-state index contributed by atoms with van der Waals surface area (Å²) in [5, 5.41) is 11.4. The lowest BCUT2D eigenvalue weighted by atomic mass is 9.28. The van der Waals surface area contributed by atoms with E-state index in [0.29, 0.717) is 0 Å². The predicted molar refractivity (Wildman–Crippen MR) is 118 cm³/mol. The number of carbonyl (C=O) groups excluding carboxylic acids is 4. The molecule has 4 fully saturated rings. The lowest BCUT2D eigenvalue weighted by molar-refractivity contribution is -0.229. The van der Waals surface area contributed by atoms with Crippen LogP contribution in [0.2, 0.25) is 0 Å². The Morgan fingerprint density at radius 3 is 1.97 bits per heavy atom. The van der Waals surface area contributed by atoms with Crippen molar-refractivity contribution < 1.29 is 24.3 Å². The molecule has 0 heterocycles. The fourth-order valence-corrected chi connectivity index (χ4v) is 6.50. The molecule has 0 aromatic carbocycles. The summed E-state index contributed by atoms with van der Waals surface area (Å²) in [5.74, 6) is -3.36. The van der Waals surface area contributed by atoms with Gasteiger partial charge in [0.05, 0.1) is 16.9 Å². The Balaban J connectivity index is 2.42. The van der Waals surface area contributed by atoms with Gasteiger partial charge in [-0.25, -0.2) is 0 Å². The van der Waals surface area contributed by atoms with E-state index in [1.807, 2.05) is 53.7 Å². The molecule has 1 unspecified atom stereocenters. The molecule has 5 heteroatoms. The summed E-state index contributed by atoms with van der Waals surface area (Å²) in [6, 6.07) is 0. The van der Waals surface area contributed by atoms with Crippen molar-refractivity contribution in [3.05, 3.63) is 23.3 Å². The first-order valence-electron chi connectivity index (χ1n) is 11.3. The molecule has 5 nitrogen and oxygen atoms in total. The molecule has 5 atom stereocenters. The molecule has 170 valence electrons. The number of ketones is 4. The third-order valence-corrected chi connectivity index (χ3v) is 8.37. The molecule has 0 aromatic rings. The largest absolute Gasteiger partial charge is 0.391 e. The predicted octanol–water partition coefficient (Wildman–Crippen LogP) is 4.02. The van der Waals surface area contributed by atoms with Crippen LogP contribution in [0.5, 0.6) is 0 Å². The summed E-state index contributed by atoms with van der Waals surface area (Å²) in [6.45, 7) is 14.6. The third-order valence-electron chi connectivity index (χ3n) is 8.37. The number of Topliss-reactive ketones (excluding diaryl/α,β-unsaturated/α-hetero) is 4. The van der Waals surface area contributed by atoms with Crippen LogP contribution in [0.3, 0.4) is 0 Å². The average molecular weight is 429 g/mol. The first kappa shape index (κ1) is 23.8. The van der Waals surface area contributed by atoms with Gasteiger partial charge < -0.3 is 5.11 Å². The van der Waals surface area contributed by atoms with Crippen LogP contribution in [0.4, 0.5) is 0 Å². The van der Waals surface area contributed by atoms with Crippen LogP contribution < -0.4 is 0 Å². The van der Waals surface area contributed by atoms with E-state index >= 15 is 0 Å². The topological polar surface area (TPSA) is 88.5 Å². The van der Waals surface area contributed by atoms with Gasteiger partial charge in [0.25, 0.3) is 0 Å². The maximum absolute atomic E-state index is 14.2. The SMILES string of the molecule is CC(C)=CC[C@]12C[C@@H]3C(O)[C@](C(=O)C(C)C)(C1=O)C(=O)[C@](CC=C(C)C)(C2=O)C3(C)C. The Morgan fingerprint density at radius 1 is 0.968 bits per heavy atom. The highest BCUT2D eigenvalue weighted by atomic mass is 16.3. The van der Waals surface area contributed by atoms with Crippen molar-refractivity contribution in [2.75, 3.05) is 0 Å². The average Bonchev–Trinajstić information content (AvgIpc) is 2.65. The molecule has 4 aliphatic carbocycles. The molecular formula is C26H36O5. The summed E-state index contributed by atoms with van der Waals surface area (Å²) < 4.78 is 0. The molecule has 4 rings (SSSR count). The standard InChI is InChI=1S/C26H36O5/c1-14(2)9-11-24-13-17-19(28)26(21(24)30,18(27)16(5)6)22(31)25(20(24)29,23(17,7)8)12-10-15(3)4/h9-10,16-17,19,28H,11-13H2,1-8H3/t17-,19?,24-,25+,26-/m1/s1. The van der Waals surface area contributed by atoms with Crippen molar-refractivity contribution in [1.29, 1.82) is 0 Å². The van der Waals surface area contributed by atoms with E-state index < -0.39 is 56.9 Å². The van der Waals surface area contributed by atoms with E-state index in [1.165, 1.54) is 0 Å². The lowest BCUT2D eigenvalue weighted by Crippen LogP contribution is -2.85. The van der Waals surface area contributed by atoms with Gasteiger partial charge in [0, 0.05) is 5.92 Å². The molecule has 4 bridgehead atoms. The van der Waals surface area contributed by atoms with Gasteiger partial charge >= 0.3 is 0 Å². The van der Waals surface area contributed by atoms with E-state index in [-0.39, 0.29) is 25.0 Å². The van der Waals surface area contributed by atoms with E-state index in [4.69, 9.17) is 0 Å². The summed E-state index contributed by atoms with van der Waals surface area (Å²) in [7, 11) is 0. The van der Waals surface area contributed by atoms with E-state index in [2.05, 4.69) is 0 Å². The van der Waals surface area contributed by atoms with Gasteiger partial charge in [-0.15, -0.1) is 0 Å². The molecule has 4 saturated carbocycles. The fourth-order valence-electron chi connectivity index (χ4n) is 6.50. The van der Waals surface area contributed by atoms with E-state index in [9.17, 15) is 24.3 Å². The molecule has 0 aromatic heterocycles. The maximum Gasteiger partial charge on any atom is 0.173 e. The van der Waals surface area contributed by atoms with Gasteiger partial charge in [0.2, 0.25) is 0 Å². The highest BCUT2D eigenvalue weighted by molar-refractivity contribution is 6.41. The number of allylic oxidation sites excluding steroid dienone is 4. The van der Waals surface area contributed by atoms with E-state index in [0.717, 1.165) is 11.1 Å². The number of aliphatic hydroxyl groups is 1. The van der Waals surface area contributed by atoms with Gasteiger partial charge in [-0.3, -0.25) is 19.2 Å². The van der Waals surface area contributed by atoms with Gasteiger partial charge in [-0.05, 0) is 58.3 Å². The smallest absolute Gasteiger partial charge is 0.173 e. The molecule has 1 N–H and O–H groups in total. The monoisotopic (exact) mass is 428 g/mol. The Morgan fingerprint density at radius 2 is 1.48 bits per heavy atom. The number of hydrogen-bond donors (Lipinski definition) is 1. The summed E-state index contributed by atoms with van der Waals surface area (Å²) in [6.07, 6.45) is 2.83. The Kier molecular flexibility index (Phi) is 5.42. The number of rotatable bonds is 6. The van der Waals surface area contributed by atoms with Crippen LogP contribution in [-0.2, 0) is 19.2 Å². The van der Waals surface area contributed by atoms with Gasteiger partial charge in [0.1, 0.15) is 0 Å². The number of carbonyl (C=O) groups is 4. The normalized spacial score (nSPS) is 37.9. The molecular weight excluding hydrogens is 392 g/mol. The second-order valence-corrected chi connectivity index (χ2v) is 11.3. The van der Waals surface area contributed by atoms with Crippen molar-refractivity contribution in [2.24, 2.45) is 33.5 Å². The van der Waals surface area contributed by atoms with Crippen LogP contribution in [0.25, 0.3) is 0 Å². The third kappa shape index (κ3) is 2.59. The van der Waals surface area contributed by atoms with Gasteiger partial charge in [-0.2, -0.15) is 0 Å². The summed E-state index contributed by atoms with van der Waals surface area (Å²) in [4.78, 5) is 56.1. The van der Waals surface area contributed by atoms with Crippen molar-refractivity contribution in [2.45, 2.75) is 80.8 Å². The zero-order valence-corrected chi connectivity index (χ0v) is 20.1. The maximum atomic E-state index is 14.2. The molecule has 0 radical (unpaired) electrons. The molecule has 0 aliphatic heterocycles. The Labute approximate surface area is 185 Å². The van der Waals surface area contributed by atoms with Crippen LogP contribution >= 0.6 is 0 Å². The molecule has 0 spiro atoms. The second-order valence-electron chi connectivity index (χ2n) is 11.3. The Bertz CT molecular complexity index is 927. The van der Waals surface area contributed by atoms with Crippen molar-refractivity contribution in [3.63, 3.8) is 0 Å². The zero-order chi connectivity index (χ0) is 23.7. The second kappa shape index (κ2) is 7.06. The van der Waals surface area contributed by atoms with Crippen molar-refractivity contribution in [3.8, 4) is 0 Å². The molecule has 31 heavy (non-hydrogen) atoms. The zero-order valence-electron chi connectivity index (χ0n) is 20.1. The molecule has 0 amide bonds. The first-order valence-corrected chi connectivity index (χ1v) is 11.3. The highest BCUT2D eigenvalue weighted by Crippen LogP contribution is 2.73. The van der Waals surface area contributed by atoms with Gasteiger partial charge in [-0.1, -0.05) is 51.0 Å². The van der Waals surface area contributed by atoms with Crippen LogP contribution in [0.1, 0.15) is 74.7 Å². The number of hydrogen-bond acceptors (Lipinski definition) is 5. The minimum atomic E-state index is -2.15. The van der Waals surface area contributed by atoms with Crippen LogP contribution in [-0.4, -0.2) is 34.3 Å². The van der Waals surface area contributed by atoms with E-state index in [1.54, 1.807) is 13.8 Å². The Hall–Kier alpha value is -1.88. The van der Waals surface area contributed by atoms with Crippen molar-refractivity contribution >= 4 is 23.1 Å².